The lowest BCUT2D eigenvalue weighted by Gasteiger charge is -2.15. The SMILES string of the molecule is CCc1ccccc1NC(=O)C(C)NCCS(C)=O.O=S(=O)(O)O. The van der Waals surface area contributed by atoms with E-state index in [1.807, 2.05) is 31.2 Å². The Morgan fingerprint density at radius 3 is 2.33 bits per heavy atom. The number of benzene rings is 1. The van der Waals surface area contributed by atoms with Gasteiger partial charge < -0.3 is 10.6 Å². The topological polar surface area (TPSA) is 133 Å². The summed E-state index contributed by atoms with van der Waals surface area (Å²) in [6, 6.07) is 7.49. The molecule has 0 fully saturated rings. The molecule has 0 aliphatic heterocycles. The molecule has 2 atom stereocenters. The van der Waals surface area contributed by atoms with E-state index in [0.29, 0.717) is 12.3 Å². The van der Waals surface area contributed by atoms with Gasteiger partial charge in [0.15, 0.2) is 0 Å². The number of para-hydroxylation sites is 1. The van der Waals surface area contributed by atoms with Crippen LogP contribution in [0.5, 0.6) is 0 Å². The van der Waals surface area contributed by atoms with Crippen LogP contribution >= 0.6 is 0 Å². The Labute approximate surface area is 145 Å². The van der Waals surface area contributed by atoms with Crippen LogP contribution in [0.15, 0.2) is 24.3 Å². The molecule has 8 nitrogen and oxygen atoms in total. The van der Waals surface area contributed by atoms with Crippen LogP contribution in [0, 0.1) is 0 Å². The molecule has 0 saturated heterocycles. The molecular formula is C14H24N2O6S2. The molecule has 0 spiro atoms. The maximum Gasteiger partial charge on any atom is 0.394 e. The second kappa shape index (κ2) is 11.3. The first-order valence-electron chi connectivity index (χ1n) is 7.16. The summed E-state index contributed by atoms with van der Waals surface area (Å²) in [5.74, 6) is 0.492. The van der Waals surface area contributed by atoms with Crippen molar-refractivity contribution in [1.82, 2.24) is 5.32 Å². The highest BCUT2D eigenvalue weighted by atomic mass is 32.3. The van der Waals surface area contributed by atoms with Crippen molar-refractivity contribution in [3.05, 3.63) is 29.8 Å². The zero-order valence-corrected chi connectivity index (χ0v) is 15.5. The molecular weight excluding hydrogens is 356 g/mol. The number of rotatable bonds is 7. The van der Waals surface area contributed by atoms with E-state index in [4.69, 9.17) is 17.5 Å². The van der Waals surface area contributed by atoms with Crippen LogP contribution in [-0.4, -0.2) is 52.2 Å². The Balaban J connectivity index is 0.000000922. The highest BCUT2D eigenvalue weighted by Gasteiger charge is 2.13. The molecule has 1 amide bonds. The van der Waals surface area contributed by atoms with E-state index >= 15 is 0 Å². The molecule has 1 aromatic rings. The van der Waals surface area contributed by atoms with Gasteiger partial charge in [0.1, 0.15) is 0 Å². The van der Waals surface area contributed by atoms with Gasteiger partial charge in [-0.25, -0.2) is 0 Å². The van der Waals surface area contributed by atoms with Crippen LogP contribution in [-0.2, 0) is 32.4 Å². The maximum atomic E-state index is 12.0. The minimum atomic E-state index is -4.67. The fourth-order valence-electron chi connectivity index (χ4n) is 1.70. The van der Waals surface area contributed by atoms with Gasteiger partial charge in [-0.3, -0.25) is 18.1 Å². The first-order chi connectivity index (χ1) is 11.0. The van der Waals surface area contributed by atoms with Crippen LogP contribution in [0.25, 0.3) is 0 Å². The summed E-state index contributed by atoms with van der Waals surface area (Å²) >= 11 is 0. The van der Waals surface area contributed by atoms with Crippen molar-refractivity contribution in [1.29, 1.82) is 0 Å². The normalized spacial score (nSPS) is 13.4. The van der Waals surface area contributed by atoms with Gasteiger partial charge in [0.2, 0.25) is 5.91 Å². The van der Waals surface area contributed by atoms with E-state index in [-0.39, 0.29) is 11.9 Å². The van der Waals surface area contributed by atoms with Crippen molar-refractivity contribution < 1.29 is 26.5 Å². The van der Waals surface area contributed by atoms with Gasteiger partial charge in [0.05, 0.1) is 6.04 Å². The molecule has 0 aromatic heterocycles. The highest BCUT2D eigenvalue weighted by molar-refractivity contribution is 7.84. The van der Waals surface area contributed by atoms with Crippen molar-refractivity contribution in [2.45, 2.75) is 26.3 Å². The zero-order valence-electron chi connectivity index (χ0n) is 13.9. The molecule has 2 unspecified atom stereocenters. The Morgan fingerprint density at radius 2 is 1.83 bits per heavy atom. The predicted molar refractivity (Wildman–Crippen MR) is 95.0 cm³/mol. The molecule has 0 aliphatic rings. The molecule has 0 radical (unpaired) electrons. The van der Waals surface area contributed by atoms with Crippen LogP contribution in [0.3, 0.4) is 0 Å². The predicted octanol–water partition coefficient (Wildman–Crippen LogP) is 0.891. The van der Waals surface area contributed by atoms with Gasteiger partial charge in [0, 0.05) is 35.0 Å². The van der Waals surface area contributed by atoms with Crippen molar-refractivity contribution in [3.8, 4) is 0 Å². The highest BCUT2D eigenvalue weighted by Crippen LogP contribution is 2.15. The van der Waals surface area contributed by atoms with Gasteiger partial charge in [-0.2, -0.15) is 8.42 Å². The third kappa shape index (κ3) is 12.1. The van der Waals surface area contributed by atoms with E-state index in [1.54, 1.807) is 6.26 Å². The molecule has 0 heterocycles. The van der Waals surface area contributed by atoms with Crippen LogP contribution in [0.1, 0.15) is 19.4 Å². The van der Waals surface area contributed by atoms with Gasteiger partial charge >= 0.3 is 10.4 Å². The molecule has 138 valence electrons. The number of hydrogen-bond donors (Lipinski definition) is 4. The molecule has 0 bridgehead atoms. The van der Waals surface area contributed by atoms with E-state index in [9.17, 15) is 9.00 Å². The first-order valence-corrected chi connectivity index (χ1v) is 10.3. The number of anilines is 1. The molecule has 1 rings (SSSR count). The smallest absolute Gasteiger partial charge is 0.324 e. The molecule has 10 heteroatoms. The molecule has 0 aliphatic carbocycles. The van der Waals surface area contributed by atoms with E-state index in [0.717, 1.165) is 17.7 Å². The summed E-state index contributed by atoms with van der Waals surface area (Å²) in [5, 5.41) is 5.99. The van der Waals surface area contributed by atoms with E-state index in [2.05, 4.69) is 17.6 Å². The summed E-state index contributed by atoms with van der Waals surface area (Å²) < 4.78 is 42.5. The van der Waals surface area contributed by atoms with Crippen molar-refractivity contribution in [2.75, 3.05) is 23.9 Å². The van der Waals surface area contributed by atoms with E-state index in [1.165, 1.54) is 0 Å². The second-order valence-electron chi connectivity index (χ2n) is 4.90. The summed E-state index contributed by atoms with van der Waals surface area (Å²) in [5.41, 5.74) is 1.99. The molecule has 0 saturated carbocycles. The van der Waals surface area contributed by atoms with Gasteiger partial charge in [0.25, 0.3) is 0 Å². The third-order valence-electron chi connectivity index (χ3n) is 2.89. The Bertz CT molecular complexity index is 640. The lowest BCUT2D eigenvalue weighted by molar-refractivity contribution is -0.117. The summed E-state index contributed by atoms with van der Waals surface area (Å²) in [4.78, 5) is 12.0. The van der Waals surface area contributed by atoms with Crippen LogP contribution < -0.4 is 10.6 Å². The van der Waals surface area contributed by atoms with Crippen molar-refractivity contribution in [2.24, 2.45) is 0 Å². The zero-order chi connectivity index (χ0) is 18.8. The van der Waals surface area contributed by atoms with Crippen molar-refractivity contribution >= 4 is 32.8 Å². The molecule has 24 heavy (non-hydrogen) atoms. The fraction of sp³-hybridized carbons (Fsp3) is 0.500. The summed E-state index contributed by atoms with van der Waals surface area (Å²) in [6.45, 7) is 4.44. The second-order valence-corrected chi connectivity index (χ2v) is 7.35. The number of amides is 1. The maximum absolute atomic E-state index is 12.0. The Morgan fingerprint density at radius 1 is 1.29 bits per heavy atom. The third-order valence-corrected chi connectivity index (χ3v) is 3.67. The average Bonchev–Trinajstić information content (AvgIpc) is 2.45. The number of nitrogens with one attached hydrogen (secondary N) is 2. The minimum Gasteiger partial charge on any atom is -0.324 e. The monoisotopic (exact) mass is 380 g/mol. The standard InChI is InChI=1S/C14H22N2O2S.H2O4S/c1-4-12-7-5-6-8-13(12)16-14(17)11(2)15-9-10-19(3)18;1-5(2,3)4/h5-8,11,15H,4,9-10H2,1-3H3,(H,16,17);(H2,1,2,3,4). The Kier molecular flexibility index (Phi) is 10.6. The van der Waals surface area contributed by atoms with Gasteiger partial charge in [-0.15, -0.1) is 0 Å². The Hall–Kier alpha value is -1.33. The first kappa shape index (κ1) is 22.7. The average molecular weight is 380 g/mol. The van der Waals surface area contributed by atoms with E-state index < -0.39 is 21.2 Å². The summed E-state index contributed by atoms with van der Waals surface area (Å²) in [6.07, 6.45) is 2.54. The lowest BCUT2D eigenvalue weighted by Crippen LogP contribution is -2.39. The number of carbonyl (C=O) groups excluding carboxylic acids is 1. The lowest BCUT2D eigenvalue weighted by atomic mass is 10.1. The quantitative estimate of drug-likeness (QED) is 0.516. The summed E-state index contributed by atoms with van der Waals surface area (Å²) in [7, 11) is -5.50. The van der Waals surface area contributed by atoms with Crippen LogP contribution in [0.4, 0.5) is 5.69 Å². The fourth-order valence-corrected chi connectivity index (χ4v) is 2.11. The van der Waals surface area contributed by atoms with Gasteiger partial charge in [-0.1, -0.05) is 25.1 Å². The number of carbonyl (C=O) groups is 1. The molecule has 1 aromatic carbocycles. The largest absolute Gasteiger partial charge is 0.394 e. The number of aryl methyl sites for hydroxylation is 1. The molecule has 4 N–H and O–H groups in total. The van der Waals surface area contributed by atoms with Crippen molar-refractivity contribution in [3.63, 3.8) is 0 Å². The van der Waals surface area contributed by atoms with Crippen LogP contribution in [0.2, 0.25) is 0 Å². The van der Waals surface area contributed by atoms with Gasteiger partial charge in [-0.05, 0) is 25.0 Å². The minimum absolute atomic E-state index is 0.0669. The number of hydrogen-bond acceptors (Lipinski definition) is 5.